The Bertz CT molecular complexity index is 773. The van der Waals surface area contributed by atoms with E-state index in [0.29, 0.717) is 22.3 Å². The van der Waals surface area contributed by atoms with E-state index in [9.17, 15) is 9.59 Å². The number of carbonyl (C=O) groups is 2. The highest BCUT2D eigenvalue weighted by molar-refractivity contribution is 6.31. The fourth-order valence-electron chi connectivity index (χ4n) is 2.06. The Morgan fingerprint density at radius 2 is 2.23 bits per heavy atom. The SMILES string of the molecule is Cn1ccc(NC(=O)[C@@]2(C)Oc3ccc(Cl)cc3NC2=O)n1. The Morgan fingerprint density at radius 1 is 1.45 bits per heavy atom. The molecule has 1 atom stereocenters. The molecule has 114 valence electrons. The number of amides is 2. The van der Waals surface area contributed by atoms with Gasteiger partial charge in [-0.15, -0.1) is 0 Å². The smallest absolute Gasteiger partial charge is 0.279 e. The van der Waals surface area contributed by atoms with Crippen LogP contribution in [-0.4, -0.2) is 27.2 Å². The van der Waals surface area contributed by atoms with Crippen LogP contribution in [0.2, 0.25) is 5.02 Å². The minimum absolute atomic E-state index is 0.340. The fourth-order valence-corrected chi connectivity index (χ4v) is 2.24. The van der Waals surface area contributed by atoms with Gasteiger partial charge in [0.05, 0.1) is 5.69 Å². The van der Waals surface area contributed by atoms with Crippen LogP contribution in [0.15, 0.2) is 30.5 Å². The van der Waals surface area contributed by atoms with Crippen molar-refractivity contribution < 1.29 is 14.3 Å². The summed E-state index contributed by atoms with van der Waals surface area (Å²) in [6.07, 6.45) is 1.68. The molecule has 2 heterocycles. The molecule has 1 aliphatic heterocycles. The lowest BCUT2D eigenvalue weighted by atomic mass is 10.0. The number of anilines is 2. The van der Waals surface area contributed by atoms with Crippen molar-refractivity contribution in [3.63, 3.8) is 0 Å². The highest BCUT2D eigenvalue weighted by atomic mass is 35.5. The van der Waals surface area contributed by atoms with Crippen molar-refractivity contribution in [2.24, 2.45) is 7.05 Å². The van der Waals surface area contributed by atoms with Gasteiger partial charge in [0, 0.05) is 24.3 Å². The molecule has 2 amide bonds. The number of rotatable bonds is 2. The molecule has 3 rings (SSSR count). The Hall–Kier alpha value is -2.54. The second kappa shape index (κ2) is 5.03. The van der Waals surface area contributed by atoms with Gasteiger partial charge in [-0.1, -0.05) is 11.6 Å². The first-order chi connectivity index (χ1) is 10.4. The molecule has 8 heteroatoms. The Labute approximate surface area is 131 Å². The van der Waals surface area contributed by atoms with Crippen molar-refractivity contribution in [2.45, 2.75) is 12.5 Å². The number of nitrogens with zero attached hydrogens (tertiary/aromatic N) is 2. The number of hydrogen-bond acceptors (Lipinski definition) is 4. The van der Waals surface area contributed by atoms with Crippen LogP contribution in [0.4, 0.5) is 11.5 Å². The van der Waals surface area contributed by atoms with Crippen molar-refractivity contribution in [3.05, 3.63) is 35.5 Å². The molecule has 0 spiro atoms. The van der Waals surface area contributed by atoms with E-state index < -0.39 is 17.4 Å². The van der Waals surface area contributed by atoms with Crippen LogP contribution in [0.1, 0.15) is 6.92 Å². The van der Waals surface area contributed by atoms with E-state index in [2.05, 4.69) is 15.7 Å². The summed E-state index contributed by atoms with van der Waals surface area (Å²) in [4.78, 5) is 24.7. The van der Waals surface area contributed by atoms with E-state index in [1.807, 2.05) is 0 Å². The summed E-state index contributed by atoms with van der Waals surface area (Å²) in [6.45, 7) is 1.40. The number of aromatic nitrogens is 2. The van der Waals surface area contributed by atoms with Gasteiger partial charge >= 0.3 is 0 Å². The van der Waals surface area contributed by atoms with Crippen molar-refractivity contribution in [1.29, 1.82) is 0 Å². The van der Waals surface area contributed by atoms with E-state index in [0.717, 1.165) is 0 Å². The van der Waals surface area contributed by atoms with E-state index in [4.69, 9.17) is 16.3 Å². The van der Waals surface area contributed by atoms with Crippen molar-refractivity contribution in [2.75, 3.05) is 10.6 Å². The number of aryl methyl sites for hydroxylation is 1. The number of halogens is 1. The number of benzene rings is 1. The molecule has 0 saturated heterocycles. The molecule has 1 aliphatic rings. The van der Waals surface area contributed by atoms with Crippen LogP contribution >= 0.6 is 11.6 Å². The summed E-state index contributed by atoms with van der Waals surface area (Å²) in [6, 6.07) is 6.40. The molecule has 2 aromatic rings. The monoisotopic (exact) mass is 320 g/mol. The predicted molar refractivity (Wildman–Crippen MR) is 81.0 cm³/mol. The molecule has 1 aromatic carbocycles. The molecule has 0 saturated carbocycles. The fraction of sp³-hybridized carbons (Fsp3) is 0.214. The molecule has 2 N–H and O–H groups in total. The zero-order valence-electron chi connectivity index (χ0n) is 11.9. The first kappa shape index (κ1) is 14.4. The zero-order chi connectivity index (χ0) is 15.9. The summed E-state index contributed by atoms with van der Waals surface area (Å²) < 4.78 is 7.15. The van der Waals surface area contributed by atoms with Gasteiger partial charge in [-0.25, -0.2) is 0 Å². The molecular weight excluding hydrogens is 308 g/mol. The van der Waals surface area contributed by atoms with E-state index in [1.165, 1.54) is 11.6 Å². The van der Waals surface area contributed by atoms with E-state index in [-0.39, 0.29) is 0 Å². The van der Waals surface area contributed by atoms with E-state index in [1.54, 1.807) is 37.5 Å². The average molecular weight is 321 g/mol. The number of ether oxygens (including phenoxy) is 1. The summed E-state index contributed by atoms with van der Waals surface area (Å²) >= 11 is 5.87. The topological polar surface area (TPSA) is 85.3 Å². The first-order valence-corrected chi connectivity index (χ1v) is 6.87. The standard InChI is InChI=1S/C14H13ClN4O3/c1-14(13(21)17-11-5-6-19(2)18-11)12(20)16-9-7-8(15)3-4-10(9)22-14/h3-7H,1-2H3,(H,16,20)(H,17,18,21)/t14-/m0/s1. The van der Waals surface area contributed by atoms with Crippen molar-refractivity contribution in [1.82, 2.24) is 9.78 Å². The Balaban J connectivity index is 1.87. The number of fused-ring (bicyclic) bond motifs is 1. The highest BCUT2D eigenvalue weighted by Gasteiger charge is 2.47. The molecule has 7 nitrogen and oxygen atoms in total. The molecular formula is C14H13ClN4O3. The van der Waals surface area contributed by atoms with Gasteiger partial charge in [0.2, 0.25) is 0 Å². The zero-order valence-corrected chi connectivity index (χ0v) is 12.6. The van der Waals surface area contributed by atoms with Crippen LogP contribution in [0.5, 0.6) is 5.75 Å². The van der Waals surface area contributed by atoms with Crippen molar-refractivity contribution >= 4 is 34.9 Å². The molecule has 0 bridgehead atoms. The number of hydrogen-bond donors (Lipinski definition) is 2. The largest absolute Gasteiger partial charge is 0.466 e. The maximum Gasteiger partial charge on any atom is 0.279 e. The van der Waals surface area contributed by atoms with Gasteiger partial charge in [-0.05, 0) is 25.1 Å². The molecule has 0 fully saturated rings. The maximum atomic E-state index is 12.4. The lowest BCUT2D eigenvalue weighted by Crippen LogP contribution is -2.56. The van der Waals surface area contributed by atoms with Crippen LogP contribution in [0, 0.1) is 0 Å². The van der Waals surface area contributed by atoms with Gasteiger partial charge in [-0.3, -0.25) is 14.3 Å². The van der Waals surface area contributed by atoms with Crippen LogP contribution in [0.3, 0.4) is 0 Å². The second-order valence-corrected chi connectivity index (χ2v) is 5.50. The lowest BCUT2D eigenvalue weighted by molar-refractivity contribution is -0.143. The van der Waals surface area contributed by atoms with Gasteiger partial charge in [0.15, 0.2) is 5.82 Å². The summed E-state index contributed by atoms with van der Waals surface area (Å²) in [5.41, 5.74) is -1.26. The molecule has 22 heavy (non-hydrogen) atoms. The number of nitrogens with one attached hydrogen (secondary N) is 2. The number of carbonyl (C=O) groups excluding carboxylic acids is 2. The minimum atomic E-state index is -1.70. The third-order valence-electron chi connectivity index (χ3n) is 3.33. The normalized spacial score (nSPS) is 19.9. The molecule has 1 aromatic heterocycles. The van der Waals surface area contributed by atoms with Crippen molar-refractivity contribution in [3.8, 4) is 5.75 Å². The Kier molecular flexibility index (Phi) is 3.29. The predicted octanol–water partition coefficient (Wildman–Crippen LogP) is 1.80. The Morgan fingerprint density at radius 3 is 2.91 bits per heavy atom. The van der Waals surface area contributed by atoms with Gasteiger partial charge < -0.3 is 15.4 Å². The van der Waals surface area contributed by atoms with Crippen LogP contribution < -0.4 is 15.4 Å². The maximum absolute atomic E-state index is 12.4. The van der Waals surface area contributed by atoms with Gasteiger partial charge in [0.25, 0.3) is 17.4 Å². The third-order valence-corrected chi connectivity index (χ3v) is 3.56. The third kappa shape index (κ3) is 2.39. The minimum Gasteiger partial charge on any atom is -0.466 e. The molecule has 0 radical (unpaired) electrons. The van der Waals surface area contributed by atoms with Crippen LogP contribution in [0.25, 0.3) is 0 Å². The highest BCUT2D eigenvalue weighted by Crippen LogP contribution is 2.35. The summed E-state index contributed by atoms with van der Waals surface area (Å²) in [7, 11) is 1.72. The molecule has 0 unspecified atom stereocenters. The first-order valence-electron chi connectivity index (χ1n) is 6.49. The van der Waals surface area contributed by atoms with E-state index >= 15 is 0 Å². The summed E-state index contributed by atoms with van der Waals surface area (Å²) in [5, 5.41) is 9.69. The van der Waals surface area contributed by atoms with Gasteiger partial charge in [-0.2, -0.15) is 5.10 Å². The molecule has 0 aliphatic carbocycles. The van der Waals surface area contributed by atoms with Gasteiger partial charge in [0.1, 0.15) is 5.75 Å². The summed E-state index contributed by atoms with van der Waals surface area (Å²) in [5.74, 6) is -0.463. The quantitative estimate of drug-likeness (QED) is 0.826. The van der Waals surface area contributed by atoms with Crippen LogP contribution in [-0.2, 0) is 16.6 Å². The average Bonchev–Trinajstić information content (AvgIpc) is 2.86. The second-order valence-electron chi connectivity index (χ2n) is 5.06. The lowest BCUT2D eigenvalue weighted by Gasteiger charge is -2.33.